The number of Topliss-reactive ketones (excluding diaryl/α,β-unsaturated/α-hetero) is 1. The minimum absolute atomic E-state index is 0.106. The van der Waals surface area contributed by atoms with Crippen molar-refractivity contribution in [2.75, 3.05) is 12.0 Å². The van der Waals surface area contributed by atoms with Crippen LogP contribution in [0.5, 0.6) is 5.75 Å². The maximum absolute atomic E-state index is 13.0. The highest BCUT2D eigenvalue weighted by atomic mass is 16.5. The minimum atomic E-state index is -0.738. The number of methoxy groups -OCH3 is 1. The highest BCUT2D eigenvalue weighted by molar-refractivity contribution is 6.16. The number of anilines is 1. The Hall–Kier alpha value is -3.08. The molecule has 28 heavy (non-hydrogen) atoms. The van der Waals surface area contributed by atoms with Gasteiger partial charge in [-0.3, -0.25) is 14.5 Å². The summed E-state index contributed by atoms with van der Waals surface area (Å²) >= 11 is 0. The molecule has 1 heterocycles. The Balaban J connectivity index is 2.19. The van der Waals surface area contributed by atoms with Crippen LogP contribution in [-0.4, -0.2) is 23.9 Å². The lowest BCUT2D eigenvalue weighted by atomic mass is 9.91. The predicted octanol–water partition coefficient (Wildman–Crippen LogP) is 4.52. The molecule has 1 amide bonds. The lowest BCUT2D eigenvalue weighted by Crippen LogP contribution is -2.31. The third-order valence-corrected chi connectivity index (χ3v) is 4.85. The molecule has 0 saturated carbocycles. The summed E-state index contributed by atoms with van der Waals surface area (Å²) in [7, 11) is 1.55. The first-order chi connectivity index (χ1) is 13.3. The monoisotopic (exact) mass is 379 g/mol. The van der Waals surface area contributed by atoms with Crippen LogP contribution in [0.15, 0.2) is 59.9 Å². The number of nitrogens with zero attached hydrogens (tertiary/aromatic N) is 1. The second-order valence-corrected chi connectivity index (χ2v) is 7.44. The van der Waals surface area contributed by atoms with Crippen molar-refractivity contribution < 1.29 is 19.4 Å². The molecule has 0 radical (unpaired) electrons. The highest BCUT2D eigenvalue weighted by Crippen LogP contribution is 2.44. The number of aryl methyl sites for hydroxylation is 1. The fourth-order valence-electron chi connectivity index (χ4n) is 3.53. The Bertz CT molecular complexity index is 928. The molecule has 0 aromatic heterocycles. The molecule has 5 nitrogen and oxygen atoms in total. The second kappa shape index (κ2) is 7.89. The standard InChI is InChI=1S/C23H25NO4/c1-14(2)13-18(25)20-21(17-7-5-6-8-19(17)28-4)24(23(27)22(20)26)16-11-9-15(3)10-12-16/h5-12,14,21,26H,13H2,1-4H3. The number of ketones is 1. The van der Waals surface area contributed by atoms with E-state index in [0.717, 1.165) is 5.56 Å². The number of para-hydroxylation sites is 1. The van der Waals surface area contributed by atoms with E-state index in [-0.39, 0.29) is 23.7 Å². The van der Waals surface area contributed by atoms with Gasteiger partial charge in [0.05, 0.1) is 18.7 Å². The van der Waals surface area contributed by atoms with Gasteiger partial charge in [-0.1, -0.05) is 49.7 Å². The van der Waals surface area contributed by atoms with Crippen LogP contribution in [0, 0.1) is 12.8 Å². The molecule has 146 valence electrons. The summed E-state index contributed by atoms with van der Waals surface area (Å²) in [4.78, 5) is 27.5. The minimum Gasteiger partial charge on any atom is -0.503 e. The molecule has 1 unspecified atom stereocenters. The summed E-state index contributed by atoms with van der Waals surface area (Å²) in [6.45, 7) is 5.82. The maximum atomic E-state index is 13.0. The fraction of sp³-hybridized carbons (Fsp3) is 0.304. The lowest BCUT2D eigenvalue weighted by molar-refractivity contribution is -0.118. The molecule has 2 aromatic carbocycles. The first-order valence-electron chi connectivity index (χ1n) is 9.34. The van der Waals surface area contributed by atoms with Gasteiger partial charge in [-0.25, -0.2) is 0 Å². The molecule has 0 bridgehead atoms. The number of aliphatic hydroxyl groups is 1. The Morgan fingerprint density at radius 1 is 1.14 bits per heavy atom. The molecule has 1 atom stereocenters. The van der Waals surface area contributed by atoms with Crippen LogP contribution < -0.4 is 9.64 Å². The maximum Gasteiger partial charge on any atom is 0.294 e. The van der Waals surface area contributed by atoms with Gasteiger partial charge in [-0.2, -0.15) is 0 Å². The number of rotatable bonds is 6. The van der Waals surface area contributed by atoms with Crippen LogP contribution in [0.25, 0.3) is 0 Å². The summed E-state index contributed by atoms with van der Waals surface area (Å²) < 4.78 is 5.49. The zero-order valence-electron chi connectivity index (χ0n) is 16.6. The molecule has 0 fully saturated rings. The van der Waals surface area contributed by atoms with Crippen LogP contribution in [-0.2, 0) is 9.59 Å². The van der Waals surface area contributed by atoms with Crippen LogP contribution in [0.4, 0.5) is 5.69 Å². The third kappa shape index (κ3) is 3.52. The van der Waals surface area contributed by atoms with Crippen molar-refractivity contribution in [3.05, 3.63) is 71.0 Å². The molecule has 0 saturated heterocycles. The van der Waals surface area contributed by atoms with Crippen molar-refractivity contribution in [1.82, 2.24) is 0 Å². The normalized spacial score (nSPS) is 16.8. The number of ether oxygens (including phenoxy) is 1. The zero-order chi connectivity index (χ0) is 20.4. The average Bonchev–Trinajstić information content (AvgIpc) is 2.93. The molecule has 0 spiro atoms. The Kier molecular flexibility index (Phi) is 5.54. The van der Waals surface area contributed by atoms with E-state index in [1.807, 2.05) is 63.2 Å². The van der Waals surface area contributed by atoms with E-state index in [1.54, 1.807) is 13.2 Å². The van der Waals surface area contributed by atoms with E-state index >= 15 is 0 Å². The fourth-order valence-corrected chi connectivity index (χ4v) is 3.53. The highest BCUT2D eigenvalue weighted by Gasteiger charge is 2.45. The lowest BCUT2D eigenvalue weighted by Gasteiger charge is -2.28. The third-order valence-electron chi connectivity index (χ3n) is 4.85. The van der Waals surface area contributed by atoms with Gasteiger partial charge in [0.1, 0.15) is 5.75 Å². The SMILES string of the molecule is COc1ccccc1C1C(C(=O)CC(C)C)=C(O)C(=O)N1c1ccc(C)cc1. The first kappa shape index (κ1) is 19.7. The van der Waals surface area contributed by atoms with Crippen molar-refractivity contribution >= 4 is 17.4 Å². The second-order valence-electron chi connectivity index (χ2n) is 7.44. The summed E-state index contributed by atoms with van der Waals surface area (Å²) in [5.41, 5.74) is 2.46. The first-order valence-corrected chi connectivity index (χ1v) is 9.34. The molecule has 5 heteroatoms. The zero-order valence-corrected chi connectivity index (χ0v) is 16.6. The van der Waals surface area contributed by atoms with Gasteiger partial charge in [0.25, 0.3) is 5.91 Å². The molecular formula is C23H25NO4. The number of carbonyl (C=O) groups excluding carboxylic acids is 2. The molecule has 2 aromatic rings. The molecule has 3 rings (SSSR count). The van der Waals surface area contributed by atoms with Gasteiger partial charge in [0.15, 0.2) is 11.5 Å². The molecule has 1 aliphatic heterocycles. The van der Waals surface area contributed by atoms with Gasteiger partial charge in [0, 0.05) is 17.7 Å². The summed E-state index contributed by atoms with van der Waals surface area (Å²) in [6.07, 6.45) is 0.250. The summed E-state index contributed by atoms with van der Waals surface area (Å²) in [5, 5.41) is 10.6. The van der Waals surface area contributed by atoms with Crippen molar-refractivity contribution in [3.8, 4) is 5.75 Å². The van der Waals surface area contributed by atoms with E-state index in [0.29, 0.717) is 17.0 Å². The van der Waals surface area contributed by atoms with Crippen LogP contribution >= 0.6 is 0 Å². The van der Waals surface area contributed by atoms with Crippen LogP contribution in [0.1, 0.15) is 37.4 Å². The number of hydrogen-bond acceptors (Lipinski definition) is 4. The van der Waals surface area contributed by atoms with Gasteiger partial charge < -0.3 is 9.84 Å². The Morgan fingerprint density at radius 2 is 1.79 bits per heavy atom. The quantitative estimate of drug-likeness (QED) is 0.801. The Labute approximate surface area is 165 Å². The average molecular weight is 379 g/mol. The van der Waals surface area contributed by atoms with Gasteiger partial charge in [-0.05, 0) is 31.0 Å². The van der Waals surface area contributed by atoms with Crippen molar-refractivity contribution in [1.29, 1.82) is 0 Å². The van der Waals surface area contributed by atoms with E-state index < -0.39 is 17.7 Å². The molecule has 0 aliphatic carbocycles. The number of benzene rings is 2. The van der Waals surface area contributed by atoms with Gasteiger partial charge >= 0.3 is 0 Å². The van der Waals surface area contributed by atoms with Crippen molar-refractivity contribution in [3.63, 3.8) is 0 Å². The van der Waals surface area contributed by atoms with Crippen molar-refractivity contribution in [2.45, 2.75) is 33.2 Å². The summed E-state index contributed by atoms with van der Waals surface area (Å²) in [6, 6.07) is 13.9. The predicted molar refractivity (Wildman–Crippen MR) is 109 cm³/mol. The van der Waals surface area contributed by atoms with E-state index in [1.165, 1.54) is 4.90 Å². The molecular weight excluding hydrogens is 354 g/mol. The van der Waals surface area contributed by atoms with Crippen LogP contribution in [0.2, 0.25) is 0 Å². The van der Waals surface area contributed by atoms with Crippen molar-refractivity contribution in [2.24, 2.45) is 5.92 Å². The molecule has 1 aliphatic rings. The smallest absolute Gasteiger partial charge is 0.294 e. The number of aliphatic hydroxyl groups excluding tert-OH is 1. The van der Waals surface area contributed by atoms with E-state index in [9.17, 15) is 14.7 Å². The van der Waals surface area contributed by atoms with E-state index in [4.69, 9.17) is 4.74 Å². The Morgan fingerprint density at radius 3 is 2.39 bits per heavy atom. The van der Waals surface area contributed by atoms with Crippen LogP contribution in [0.3, 0.4) is 0 Å². The number of carbonyl (C=O) groups is 2. The largest absolute Gasteiger partial charge is 0.503 e. The van der Waals surface area contributed by atoms with Gasteiger partial charge in [-0.15, -0.1) is 0 Å². The van der Waals surface area contributed by atoms with E-state index in [2.05, 4.69) is 0 Å². The number of hydrogen-bond donors (Lipinski definition) is 1. The number of amides is 1. The van der Waals surface area contributed by atoms with Gasteiger partial charge in [0.2, 0.25) is 0 Å². The molecule has 1 N–H and O–H groups in total. The summed E-state index contributed by atoms with van der Waals surface area (Å²) in [5.74, 6) is -0.628. The topological polar surface area (TPSA) is 66.8 Å².